The predicted octanol–water partition coefficient (Wildman–Crippen LogP) is 3.31. The van der Waals surface area contributed by atoms with Crippen molar-refractivity contribution in [3.05, 3.63) is 59.9 Å². The van der Waals surface area contributed by atoms with Crippen LogP contribution >= 0.6 is 0 Å². The van der Waals surface area contributed by atoms with Crippen LogP contribution in [-0.2, 0) is 6.54 Å². The molecule has 3 heterocycles. The molecule has 0 radical (unpaired) electrons. The molecule has 1 saturated heterocycles. The Balaban J connectivity index is 1.44. The summed E-state index contributed by atoms with van der Waals surface area (Å²) in [7, 11) is 0. The van der Waals surface area contributed by atoms with E-state index in [0.29, 0.717) is 24.6 Å². The number of rotatable bonds is 5. The van der Waals surface area contributed by atoms with Gasteiger partial charge in [-0.25, -0.2) is 4.98 Å². The Labute approximate surface area is 165 Å². The zero-order valence-electron chi connectivity index (χ0n) is 16.2. The molecule has 1 fully saturated rings. The van der Waals surface area contributed by atoms with Crippen molar-refractivity contribution in [1.82, 2.24) is 19.8 Å². The molecule has 1 aliphatic rings. The maximum absolute atomic E-state index is 13.0. The zero-order chi connectivity index (χ0) is 19.3. The second-order valence-electron chi connectivity index (χ2n) is 7.07. The molecule has 0 spiro atoms. The average Bonchev–Trinajstić information content (AvgIpc) is 3.09. The standard InChI is InChI=1S/C22H26N4O2/c1-2-28-21-19(7-4-10-24-21)22(27)26-13-5-12-25(14-15-26)16-17-6-3-8-20-18(17)9-11-23-20/h3-4,6-11,23H,2,5,12-16H2,1H3. The topological polar surface area (TPSA) is 61.5 Å². The quantitative estimate of drug-likeness (QED) is 0.740. The third-order valence-electron chi connectivity index (χ3n) is 5.24. The van der Waals surface area contributed by atoms with Crippen molar-refractivity contribution in [2.75, 3.05) is 32.8 Å². The first-order chi connectivity index (χ1) is 13.8. The molecule has 28 heavy (non-hydrogen) atoms. The van der Waals surface area contributed by atoms with Crippen molar-refractivity contribution in [3.63, 3.8) is 0 Å². The van der Waals surface area contributed by atoms with Crippen LogP contribution in [0, 0.1) is 0 Å². The van der Waals surface area contributed by atoms with Gasteiger partial charge >= 0.3 is 0 Å². The van der Waals surface area contributed by atoms with Crippen LogP contribution in [-0.4, -0.2) is 58.5 Å². The number of hydrogen-bond donors (Lipinski definition) is 1. The fourth-order valence-electron chi connectivity index (χ4n) is 3.84. The van der Waals surface area contributed by atoms with Gasteiger partial charge in [-0.05, 0) is 43.2 Å². The van der Waals surface area contributed by atoms with E-state index in [0.717, 1.165) is 32.6 Å². The summed E-state index contributed by atoms with van der Waals surface area (Å²) < 4.78 is 5.54. The molecule has 0 unspecified atom stereocenters. The van der Waals surface area contributed by atoms with E-state index in [9.17, 15) is 4.79 Å². The lowest BCUT2D eigenvalue weighted by molar-refractivity contribution is 0.0756. The Morgan fingerprint density at radius 2 is 2.07 bits per heavy atom. The minimum atomic E-state index is 0.00568. The highest BCUT2D eigenvalue weighted by Gasteiger charge is 2.23. The van der Waals surface area contributed by atoms with Gasteiger partial charge in [0.05, 0.1) is 6.61 Å². The molecule has 0 saturated carbocycles. The first kappa shape index (κ1) is 18.5. The molecule has 1 aliphatic heterocycles. The number of fused-ring (bicyclic) bond motifs is 1. The van der Waals surface area contributed by atoms with Gasteiger partial charge in [0.2, 0.25) is 5.88 Å². The Morgan fingerprint density at radius 3 is 2.96 bits per heavy atom. The van der Waals surface area contributed by atoms with E-state index in [2.05, 4.69) is 39.1 Å². The molecule has 2 aromatic heterocycles. The summed E-state index contributed by atoms with van der Waals surface area (Å²) in [6.07, 6.45) is 4.60. The number of ether oxygens (including phenoxy) is 1. The minimum absolute atomic E-state index is 0.00568. The van der Waals surface area contributed by atoms with Gasteiger partial charge in [-0.2, -0.15) is 0 Å². The number of aromatic amines is 1. The number of benzene rings is 1. The van der Waals surface area contributed by atoms with Crippen molar-refractivity contribution >= 4 is 16.8 Å². The number of amides is 1. The Bertz CT molecular complexity index is 952. The fraction of sp³-hybridized carbons (Fsp3) is 0.364. The summed E-state index contributed by atoms with van der Waals surface area (Å²) in [6, 6.07) is 12.1. The van der Waals surface area contributed by atoms with Gasteiger partial charge in [0.1, 0.15) is 5.56 Å². The number of nitrogens with zero attached hydrogens (tertiary/aromatic N) is 3. The predicted molar refractivity (Wildman–Crippen MR) is 110 cm³/mol. The van der Waals surface area contributed by atoms with Crippen LogP contribution < -0.4 is 4.74 Å². The molecule has 1 aromatic carbocycles. The molecule has 0 aliphatic carbocycles. The first-order valence-electron chi connectivity index (χ1n) is 9.90. The number of carbonyl (C=O) groups excluding carboxylic acids is 1. The van der Waals surface area contributed by atoms with Crippen LogP contribution in [0.5, 0.6) is 5.88 Å². The lowest BCUT2D eigenvalue weighted by atomic mass is 10.1. The van der Waals surface area contributed by atoms with Crippen LogP contribution in [0.2, 0.25) is 0 Å². The average molecular weight is 378 g/mol. The highest BCUT2D eigenvalue weighted by Crippen LogP contribution is 2.21. The molecule has 1 N–H and O–H groups in total. The van der Waals surface area contributed by atoms with Crippen LogP contribution in [0.1, 0.15) is 29.3 Å². The Kier molecular flexibility index (Phi) is 5.58. The summed E-state index contributed by atoms with van der Waals surface area (Å²) >= 11 is 0. The zero-order valence-corrected chi connectivity index (χ0v) is 16.2. The number of hydrogen-bond acceptors (Lipinski definition) is 4. The summed E-state index contributed by atoms with van der Waals surface area (Å²) in [5, 5.41) is 1.27. The molecular weight excluding hydrogens is 352 g/mol. The van der Waals surface area contributed by atoms with E-state index >= 15 is 0 Å². The lowest BCUT2D eigenvalue weighted by Gasteiger charge is -2.23. The molecule has 3 aromatic rings. The summed E-state index contributed by atoms with van der Waals surface area (Å²) in [5.41, 5.74) is 3.04. The monoisotopic (exact) mass is 378 g/mol. The highest BCUT2D eigenvalue weighted by atomic mass is 16.5. The first-order valence-corrected chi connectivity index (χ1v) is 9.90. The van der Waals surface area contributed by atoms with Gasteiger partial charge < -0.3 is 14.6 Å². The minimum Gasteiger partial charge on any atom is -0.477 e. The lowest BCUT2D eigenvalue weighted by Crippen LogP contribution is -2.35. The maximum Gasteiger partial charge on any atom is 0.259 e. The molecule has 4 rings (SSSR count). The second kappa shape index (κ2) is 8.44. The number of carbonyl (C=O) groups is 1. The molecule has 146 valence electrons. The summed E-state index contributed by atoms with van der Waals surface area (Å²) in [6.45, 7) is 6.60. The molecular formula is C22H26N4O2. The van der Waals surface area contributed by atoms with Gasteiger partial charge in [-0.1, -0.05) is 12.1 Å². The smallest absolute Gasteiger partial charge is 0.259 e. The van der Waals surface area contributed by atoms with Gasteiger partial charge in [0.25, 0.3) is 5.91 Å². The van der Waals surface area contributed by atoms with Crippen LogP contribution in [0.25, 0.3) is 10.9 Å². The van der Waals surface area contributed by atoms with E-state index < -0.39 is 0 Å². The van der Waals surface area contributed by atoms with E-state index in [1.807, 2.05) is 18.0 Å². The molecule has 1 amide bonds. The number of H-pyrrole nitrogens is 1. The Morgan fingerprint density at radius 1 is 1.14 bits per heavy atom. The molecule has 0 atom stereocenters. The van der Waals surface area contributed by atoms with Crippen LogP contribution in [0.4, 0.5) is 0 Å². The Hall–Kier alpha value is -2.86. The maximum atomic E-state index is 13.0. The molecule has 6 heteroatoms. The molecule has 0 bridgehead atoms. The van der Waals surface area contributed by atoms with Crippen molar-refractivity contribution in [1.29, 1.82) is 0 Å². The fourth-order valence-corrected chi connectivity index (χ4v) is 3.84. The normalized spacial score (nSPS) is 15.5. The summed E-state index contributed by atoms with van der Waals surface area (Å²) in [5.74, 6) is 0.432. The van der Waals surface area contributed by atoms with Crippen molar-refractivity contribution in [3.8, 4) is 5.88 Å². The summed E-state index contributed by atoms with van der Waals surface area (Å²) in [4.78, 5) is 24.9. The number of aromatic nitrogens is 2. The van der Waals surface area contributed by atoms with Gasteiger partial charge in [-0.3, -0.25) is 9.69 Å². The second-order valence-corrected chi connectivity index (χ2v) is 7.07. The van der Waals surface area contributed by atoms with E-state index in [1.54, 1.807) is 18.3 Å². The van der Waals surface area contributed by atoms with Crippen molar-refractivity contribution in [2.24, 2.45) is 0 Å². The largest absolute Gasteiger partial charge is 0.477 e. The van der Waals surface area contributed by atoms with Crippen LogP contribution in [0.3, 0.4) is 0 Å². The third kappa shape index (κ3) is 3.87. The SMILES string of the molecule is CCOc1ncccc1C(=O)N1CCCN(Cc2cccc3[nH]ccc23)CC1. The van der Waals surface area contributed by atoms with Crippen LogP contribution in [0.15, 0.2) is 48.8 Å². The van der Waals surface area contributed by atoms with Gasteiger partial charge in [0, 0.05) is 56.0 Å². The van der Waals surface area contributed by atoms with Crippen molar-refractivity contribution in [2.45, 2.75) is 19.9 Å². The number of pyridine rings is 1. The van der Waals surface area contributed by atoms with Crippen molar-refractivity contribution < 1.29 is 9.53 Å². The third-order valence-corrected chi connectivity index (χ3v) is 5.24. The molecule has 6 nitrogen and oxygen atoms in total. The van der Waals surface area contributed by atoms with Gasteiger partial charge in [-0.15, -0.1) is 0 Å². The van der Waals surface area contributed by atoms with E-state index in [-0.39, 0.29) is 5.91 Å². The number of nitrogens with one attached hydrogen (secondary N) is 1. The van der Waals surface area contributed by atoms with E-state index in [1.165, 1.54) is 16.5 Å². The van der Waals surface area contributed by atoms with Gasteiger partial charge in [0.15, 0.2) is 0 Å². The highest BCUT2D eigenvalue weighted by molar-refractivity contribution is 5.96. The van der Waals surface area contributed by atoms with E-state index in [4.69, 9.17) is 4.74 Å².